The van der Waals surface area contributed by atoms with Crippen LogP contribution in [-0.4, -0.2) is 64.3 Å². The minimum atomic E-state index is -5.08. The number of hydrogen-bond donors (Lipinski definition) is 2. The molecular weight excluding hydrogens is 437 g/mol. The summed E-state index contributed by atoms with van der Waals surface area (Å²) < 4.78 is 37.5. The Morgan fingerprint density at radius 1 is 1.29 bits per heavy atom. The van der Waals surface area contributed by atoms with E-state index in [2.05, 4.69) is 37.0 Å². The van der Waals surface area contributed by atoms with Gasteiger partial charge in [-0.25, -0.2) is 9.78 Å². The number of rotatable bonds is 4. The highest BCUT2D eigenvalue weighted by Gasteiger charge is 2.44. The van der Waals surface area contributed by atoms with Crippen molar-refractivity contribution in [1.29, 1.82) is 0 Å². The van der Waals surface area contributed by atoms with Crippen molar-refractivity contribution in [2.75, 3.05) is 31.6 Å². The predicted octanol–water partition coefficient (Wildman–Crippen LogP) is 2.50. The molecule has 2 aromatic heterocycles. The number of carboxylic acid groups (broad SMARTS) is 1. The summed E-state index contributed by atoms with van der Waals surface area (Å²) in [6.07, 6.45) is -0.348. The summed E-state index contributed by atoms with van der Waals surface area (Å²) in [5, 5.41) is 14.3. The van der Waals surface area contributed by atoms with E-state index in [1.54, 1.807) is 29.9 Å². The Hall–Kier alpha value is -2.57. The van der Waals surface area contributed by atoms with Crippen LogP contribution in [0.1, 0.15) is 5.56 Å². The number of carbonyl (C=O) groups is 2. The third-order valence-electron chi connectivity index (χ3n) is 5.09. The van der Waals surface area contributed by atoms with Crippen LogP contribution in [0.25, 0.3) is 0 Å². The first-order valence-electron chi connectivity index (χ1n) is 9.42. The summed E-state index contributed by atoms with van der Waals surface area (Å²) in [5.41, 5.74) is 1.35. The maximum Gasteiger partial charge on any atom is 0.490 e. The number of thiophene rings is 1. The molecule has 4 heterocycles. The van der Waals surface area contributed by atoms with Crippen LogP contribution in [-0.2, 0) is 20.9 Å². The van der Waals surface area contributed by atoms with E-state index in [1.807, 2.05) is 0 Å². The number of anilines is 1. The summed E-state index contributed by atoms with van der Waals surface area (Å²) in [5.74, 6) is -1.63. The molecule has 31 heavy (non-hydrogen) atoms. The Bertz CT molecular complexity index is 867. The van der Waals surface area contributed by atoms with Crippen molar-refractivity contribution in [1.82, 2.24) is 14.9 Å². The quantitative estimate of drug-likeness (QED) is 0.725. The second-order valence-electron chi connectivity index (χ2n) is 7.28. The first-order chi connectivity index (χ1) is 14.7. The van der Waals surface area contributed by atoms with Gasteiger partial charge in [0.15, 0.2) is 5.82 Å². The van der Waals surface area contributed by atoms with Gasteiger partial charge in [0.05, 0.1) is 25.3 Å². The fourth-order valence-corrected chi connectivity index (χ4v) is 4.37. The van der Waals surface area contributed by atoms with E-state index in [0.29, 0.717) is 24.3 Å². The number of amides is 1. The minimum Gasteiger partial charge on any atom is -0.475 e. The second kappa shape index (κ2) is 10.2. The summed E-state index contributed by atoms with van der Waals surface area (Å²) >= 11 is 1.73. The van der Waals surface area contributed by atoms with Crippen molar-refractivity contribution in [3.63, 3.8) is 0 Å². The number of hydrogen-bond acceptors (Lipinski definition) is 7. The van der Waals surface area contributed by atoms with Crippen LogP contribution in [0.15, 0.2) is 35.4 Å². The smallest absolute Gasteiger partial charge is 0.475 e. The number of nitrogens with zero attached hydrogens (tertiary/aromatic N) is 3. The summed E-state index contributed by atoms with van der Waals surface area (Å²) in [4.78, 5) is 32.1. The Kier molecular flexibility index (Phi) is 7.57. The molecule has 2 N–H and O–H groups in total. The maximum atomic E-state index is 12.7. The number of carbonyl (C=O) groups excluding carboxylic acids is 1. The van der Waals surface area contributed by atoms with E-state index in [9.17, 15) is 18.0 Å². The highest BCUT2D eigenvalue weighted by Crippen LogP contribution is 2.35. The van der Waals surface area contributed by atoms with E-state index in [4.69, 9.17) is 14.6 Å². The fourth-order valence-electron chi connectivity index (χ4n) is 3.71. The van der Waals surface area contributed by atoms with E-state index in [-0.39, 0.29) is 11.8 Å². The van der Waals surface area contributed by atoms with Gasteiger partial charge in [0.25, 0.3) is 0 Å². The Morgan fingerprint density at radius 2 is 2.06 bits per heavy atom. The van der Waals surface area contributed by atoms with E-state index in [1.165, 1.54) is 5.56 Å². The van der Waals surface area contributed by atoms with Crippen molar-refractivity contribution in [3.8, 4) is 0 Å². The maximum absolute atomic E-state index is 12.7. The van der Waals surface area contributed by atoms with Crippen molar-refractivity contribution >= 4 is 29.0 Å². The van der Waals surface area contributed by atoms with Gasteiger partial charge in [-0.1, -0.05) is 0 Å². The molecule has 0 bridgehead atoms. The molecule has 0 radical (unpaired) electrons. The molecule has 0 spiro atoms. The predicted molar refractivity (Wildman–Crippen MR) is 105 cm³/mol. The largest absolute Gasteiger partial charge is 0.490 e. The van der Waals surface area contributed by atoms with Crippen LogP contribution in [0.2, 0.25) is 0 Å². The molecule has 1 amide bonds. The molecule has 2 saturated heterocycles. The molecule has 0 unspecified atom stereocenters. The third kappa shape index (κ3) is 6.45. The SMILES string of the molecule is O=C(Nc1cnccn1)[C@H]1COC[C@H]2CN(Cc3ccsc3)C[C@H]21.O=C(O)C(F)(F)F. The zero-order valence-electron chi connectivity index (χ0n) is 16.3. The van der Waals surface area contributed by atoms with E-state index < -0.39 is 12.1 Å². The first kappa shape index (κ1) is 23.1. The molecular formula is C19H21F3N4O4S. The molecule has 12 heteroatoms. The van der Waals surface area contributed by atoms with Gasteiger partial charge in [-0.3, -0.25) is 14.7 Å². The summed E-state index contributed by atoms with van der Waals surface area (Å²) in [6.45, 7) is 4.13. The van der Waals surface area contributed by atoms with Gasteiger partial charge in [0, 0.05) is 32.0 Å². The average Bonchev–Trinajstić information content (AvgIpc) is 3.37. The first-order valence-corrected chi connectivity index (χ1v) is 10.4. The zero-order valence-corrected chi connectivity index (χ0v) is 17.1. The molecule has 4 rings (SSSR count). The number of aliphatic carboxylic acids is 1. The lowest BCUT2D eigenvalue weighted by atomic mass is 9.82. The average molecular weight is 458 g/mol. The molecule has 2 fully saturated rings. The Labute approximate surface area is 180 Å². The van der Waals surface area contributed by atoms with Crippen LogP contribution in [0.3, 0.4) is 0 Å². The van der Waals surface area contributed by atoms with Crippen LogP contribution in [0.4, 0.5) is 19.0 Å². The van der Waals surface area contributed by atoms with Gasteiger partial charge in [-0.2, -0.15) is 24.5 Å². The van der Waals surface area contributed by atoms with Gasteiger partial charge in [-0.15, -0.1) is 0 Å². The second-order valence-corrected chi connectivity index (χ2v) is 8.06. The van der Waals surface area contributed by atoms with Crippen LogP contribution in [0.5, 0.6) is 0 Å². The third-order valence-corrected chi connectivity index (χ3v) is 5.83. The number of likely N-dealkylation sites (tertiary alicyclic amines) is 1. The van der Waals surface area contributed by atoms with E-state index >= 15 is 0 Å². The number of aromatic nitrogens is 2. The Balaban J connectivity index is 0.000000339. The normalized spacial score (nSPS) is 23.4. The highest BCUT2D eigenvalue weighted by atomic mass is 32.1. The number of carboxylic acids is 1. The number of ether oxygens (including phenoxy) is 1. The Morgan fingerprint density at radius 3 is 2.68 bits per heavy atom. The lowest BCUT2D eigenvalue weighted by Gasteiger charge is -2.31. The van der Waals surface area contributed by atoms with Gasteiger partial charge >= 0.3 is 12.1 Å². The van der Waals surface area contributed by atoms with E-state index in [0.717, 1.165) is 26.2 Å². The minimum absolute atomic E-state index is 0.0115. The van der Waals surface area contributed by atoms with Crippen LogP contribution >= 0.6 is 11.3 Å². The van der Waals surface area contributed by atoms with Crippen molar-refractivity contribution in [2.24, 2.45) is 17.8 Å². The van der Waals surface area contributed by atoms with Gasteiger partial charge in [0.1, 0.15) is 0 Å². The standard InChI is InChI=1S/C17H20N4O2S.C2HF3O2/c22-17(20-16-5-18-2-3-19-16)15-10-23-9-13-7-21(8-14(13)15)6-12-1-4-24-11-12;3-2(4,5)1(6)7/h1-5,11,13-15H,6-10H2,(H,19,20,22);(H,6,7)/t13-,14-,15+;/m1./s1. The molecule has 2 aliphatic heterocycles. The molecule has 0 saturated carbocycles. The van der Waals surface area contributed by atoms with Gasteiger partial charge in [-0.05, 0) is 34.2 Å². The number of nitrogens with one attached hydrogen (secondary N) is 1. The molecule has 0 aliphatic carbocycles. The van der Waals surface area contributed by atoms with Crippen molar-refractivity contribution in [3.05, 3.63) is 41.0 Å². The van der Waals surface area contributed by atoms with Crippen LogP contribution < -0.4 is 5.32 Å². The molecule has 2 aromatic rings. The van der Waals surface area contributed by atoms with Gasteiger partial charge in [0.2, 0.25) is 5.91 Å². The fraction of sp³-hybridized carbons (Fsp3) is 0.474. The van der Waals surface area contributed by atoms with Gasteiger partial charge < -0.3 is 15.2 Å². The topological polar surface area (TPSA) is 105 Å². The molecule has 0 aromatic carbocycles. The zero-order chi connectivity index (χ0) is 22.4. The lowest BCUT2D eigenvalue weighted by Crippen LogP contribution is -2.42. The van der Waals surface area contributed by atoms with Crippen molar-refractivity contribution < 1.29 is 32.6 Å². The molecule has 2 aliphatic rings. The highest BCUT2D eigenvalue weighted by molar-refractivity contribution is 7.07. The molecule has 168 valence electrons. The lowest BCUT2D eigenvalue weighted by molar-refractivity contribution is -0.192. The number of fused-ring (bicyclic) bond motifs is 1. The number of alkyl halides is 3. The number of halogens is 3. The summed E-state index contributed by atoms with van der Waals surface area (Å²) in [7, 11) is 0. The van der Waals surface area contributed by atoms with Crippen LogP contribution in [0, 0.1) is 17.8 Å². The molecule has 8 nitrogen and oxygen atoms in total. The van der Waals surface area contributed by atoms with Crippen molar-refractivity contribution in [2.45, 2.75) is 12.7 Å². The monoisotopic (exact) mass is 458 g/mol. The summed E-state index contributed by atoms with van der Waals surface area (Å²) in [6, 6.07) is 2.17. The molecule has 3 atom stereocenters.